The van der Waals surface area contributed by atoms with Gasteiger partial charge in [0.1, 0.15) is 5.82 Å². The Morgan fingerprint density at radius 1 is 1.42 bits per heavy atom. The summed E-state index contributed by atoms with van der Waals surface area (Å²) in [4.78, 5) is 13.9. The lowest BCUT2D eigenvalue weighted by Gasteiger charge is -2.17. The van der Waals surface area contributed by atoms with Crippen molar-refractivity contribution in [1.29, 1.82) is 0 Å². The minimum Gasteiger partial charge on any atom is -0.394 e. The summed E-state index contributed by atoms with van der Waals surface area (Å²) >= 11 is 0. The van der Waals surface area contributed by atoms with Crippen LogP contribution in [-0.2, 0) is 4.79 Å². The maximum atomic E-state index is 12.0. The van der Waals surface area contributed by atoms with Gasteiger partial charge in [0.25, 0.3) is 0 Å². The lowest BCUT2D eigenvalue weighted by Crippen LogP contribution is -2.33. The minimum atomic E-state index is 0.131. The van der Waals surface area contributed by atoms with Gasteiger partial charge in [-0.25, -0.2) is 4.68 Å². The Bertz CT molecular complexity index is 460. The molecule has 2 rings (SSSR count). The lowest BCUT2D eigenvalue weighted by molar-refractivity contribution is -0.128. The number of aryl methyl sites for hydroxylation is 1. The Kier molecular flexibility index (Phi) is 3.97. The fourth-order valence-electron chi connectivity index (χ4n) is 2.35. The topological polar surface area (TPSA) is 76.2 Å². The molecule has 0 radical (unpaired) electrons. The maximum absolute atomic E-state index is 12.0. The number of hydrogen-bond donors (Lipinski definition) is 2. The molecule has 6 heteroatoms. The molecular formula is C13H23N5O. The van der Waals surface area contributed by atoms with Crippen molar-refractivity contribution in [2.24, 2.45) is 0 Å². The molecule has 1 aromatic heterocycles. The number of nitrogens with two attached hydrogens (primary N) is 1. The quantitative estimate of drug-likeness (QED) is 0.862. The number of carbonyl (C=O) groups is 1. The van der Waals surface area contributed by atoms with Crippen LogP contribution in [-0.4, -0.2) is 40.2 Å². The fraction of sp³-hybridized carbons (Fsp3) is 0.692. The van der Waals surface area contributed by atoms with Crippen molar-refractivity contribution in [3.05, 3.63) is 5.69 Å². The van der Waals surface area contributed by atoms with Gasteiger partial charge in [-0.3, -0.25) is 4.79 Å². The summed E-state index contributed by atoms with van der Waals surface area (Å²) in [6, 6.07) is 0.209. The highest BCUT2D eigenvalue weighted by Crippen LogP contribution is 2.25. The van der Waals surface area contributed by atoms with E-state index in [2.05, 4.69) is 10.4 Å². The van der Waals surface area contributed by atoms with E-state index in [0.717, 1.165) is 37.4 Å². The Labute approximate surface area is 113 Å². The predicted molar refractivity (Wildman–Crippen MR) is 76.1 cm³/mol. The molecule has 3 N–H and O–H groups in total. The van der Waals surface area contributed by atoms with Crippen molar-refractivity contribution >= 4 is 17.4 Å². The van der Waals surface area contributed by atoms with Crippen molar-refractivity contribution in [1.82, 2.24) is 14.7 Å². The van der Waals surface area contributed by atoms with E-state index in [9.17, 15) is 4.79 Å². The summed E-state index contributed by atoms with van der Waals surface area (Å²) in [6.45, 7) is 7.99. The Balaban J connectivity index is 2.04. The van der Waals surface area contributed by atoms with Crippen LogP contribution in [0.3, 0.4) is 0 Å². The van der Waals surface area contributed by atoms with Crippen LogP contribution in [0.2, 0.25) is 0 Å². The highest BCUT2D eigenvalue weighted by Gasteiger charge is 2.20. The van der Waals surface area contributed by atoms with Gasteiger partial charge in [-0.1, -0.05) is 0 Å². The summed E-state index contributed by atoms with van der Waals surface area (Å²) < 4.78 is 1.84. The number of hydrogen-bond acceptors (Lipinski definition) is 4. The molecular weight excluding hydrogens is 242 g/mol. The van der Waals surface area contributed by atoms with Gasteiger partial charge in [0.2, 0.25) is 5.91 Å². The third-order valence-electron chi connectivity index (χ3n) is 3.49. The van der Waals surface area contributed by atoms with E-state index in [0.29, 0.717) is 5.69 Å². The molecule has 1 aliphatic heterocycles. The average molecular weight is 265 g/mol. The third-order valence-corrected chi connectivity index (χ3v) is 3.49. The zero-order valence-corrected chi connectivity index (χ0v) is 11.9. The van der Waals surface area contributed by atoms with Crippen LogP contribution in [0, 0.1) is 6.92 Å². The largest absolute Gasteiger partial charge is 0.394 e. The molecule has 106 valence electrons. The van der Waals surface area contributed by atoms with E-state index < -0.39 is 0 Å². The first-order chi connectivity index (χ1) is 9.00. The first-order valence-electron chi connectivity index (χ1n) is 6.87. The van der Waals surface area contributed by atoms with Gasteiger partial charge in [-0.05, 0) is 33.6 Å². The molecule has 0 aromatic carbocycles. The van der Waals surface area contributed by atoms with Gasteiger partial charge < -0.3 is 16.0 Å². The van der Waals surface area contributed by atoms with Crippen molar-refractivity contribution in [2.45, 2.75) is 39.7 Å². The standard InChI is InChI=1S/C13H23N5O/c1-9(2)18-13(12(14)10(3)16-18)15-8-11(19)17-6-4-5-7-17/h9,15H,4-8,14H2,1-3H3. The van der Waals surface area contributed by atoms with E-state index in [-0.39, 0.29) is 18.5 Å². The Morgan fingerprint density at radius 3 is 2.63 bits per heavy atom. The summed E-state index contributed by atoms with van der Waals surface area (Å²) in [7, 11) is 0. The predicted octanol–water partition coefficient (Wildman–Crippen LogP) is 1.39. The lowest BCUT2D eigenvalue weighted by atomic mass is 10.3. The number of likely N-dealkylation sites (tertiary alicyclic amines) is 1. The van der Waals surface area contributed by atoms with Crippen molar-refractivity contribution in [2.75, 3.05) is 30.7 Å². The van der Waals surface area contributed by atoms with Crippen LogP contribution < -0.4 is 11.1 Å². The number of nitrogen functional groups attached to an aromatic ring is 1. The van der Waals surface area contributed by atoms with Crippen molar-refractivity contribution in [3.8, 4) is 0 Å². The number of nitrogens with one attached hydrogen (secondary N) is 1. The van der Waals surface area contributed by atoms with Gasteiger partial charge in [0.15, 0.2) is 0 Å². The Hall–Kier alpha value is -1.72. The maximum Gasteiger partial charge on any atom is 0.241 e. The zero-order valence-electron chi connectivity index (χ0n) is 11.9. The fourth-order valence-corrected chi connectivity index (χ4v) is 2.35. The SMILES string of the molecule is Cc1nn(C(C)C)c(NCC(=O)N2CCCC2)c1N. The normalized spacial score (nSPS) is 15.3. The highest BCUT2D eigenvalue weighted by molar-refractivity contribution is 5.82. The van der Waals surface area contributed by atoms with Crippen LogP contribution in [0.25, 0.3) is 0 Å². The van der Waals surface area contributed by atoms with Gasteiger partial charge in [-0.15, -0.1) is 0 Å². The van der Waals surface area contributed by atoms with E-state index in [1.807, 2.05) is 30.4 Å². The molecule has 0 saturated carbocycles. The summed E-state index contributed by atoms with van der Waals surface area (Å²) in [6.07, 6.45) is 2.22. The van der Waals surface area contributed by atoms with Gasteiger partial charge >= 0.3 is 0 Å². The third kappa shape index (κ3) is 2.83. The number of anilines is 2. The van der Waals surface area contributed by atoms with E-state index in [1.54, 1.807) is 0 Å². The smallest absolute Gasteiger partial charge is 0.241 e. The second-order valence-corrected chi connectivity index (χ2v) is 5.33. The van der Waals surface area contributed by atoms with Crippen LogP contribution in [0.15, 0.2) is 0 Å². The molecule has 1 saturated heterocycles. The molecule has 0 atom stereocenters. The molecule has 1 aromatic rings. The molecule has 0 unspecified atom stereocenters. The molecule has 1 amide bonds. The van der Waals surface area contributed by atoms with E-state index in [1.165, 1.54) is 0 Å². The van der Waals surface area contributed by atoms with E-state index >= 15 is 0 Å². The zero-order chi connectivity index (χ0) is 14.0. The Morgan fingerprint density at radius 2 is 2.05 bits per heavy atom. The van der Waals surface area contributed by atoms with Crippen LogP contribution in [0.4, 0.5) is 11.5 Å². The molecule has 19 heavy (non-hydrogen) atoms. The summed E-state index contributed by atoms with van der Waals surface area (Å²) in [5.41, 5.74) is 7.43. The molecule has 6 nitrogen and oxygen atoms in total. The number of rotatable bonds is 4. The first kappa shape index (κ1) is 13.7. The molecule has 1 fully saturated rings. The van der Waals surface area contributed by atoms with Gasteiger partial charge in [-0.2, -0.15) is 5.10 Å². The number of aromatic nitrogens is 2. The van der Waals surface area contributed by atoms with Crippen molar-refractivity contribution in [3.63, 3.8) is 0 Å². The van der Waals surface area contributed by atoms with Crippen LogP contribution in [0.1, 0.15) is 38.4 Å². The van der Waals surface area contributed by atoms with Gasteiger partial charge in [0.05, 0.1) is 17.9 Å². The van der Waals surface area contributed by atoms with Crippen molar-refractivity contribution < 1.29 is 4.79 Å². The average Bonchev–Trinajstić information content (AvgIpc) is 2.97. The minimum absolute atomic E-state index is 0.131. The molecule has 0 bridgehead atoms. The second-order valence-electron chi connectivity index (χ2n) is 5.33. The van der Waals surface area contributed by atoms with Crippen LogP contribution in [0.5, 0.6) is 0 Å². The number of amides is 1. The number of nitrogens with zero attached hydrogens (tertiary/aromatic N) is 3. The monoisotopic (exact) mass is 265 g/mol. The second kappa shape index (κ2) is 5.50. The van der Waals surface area contributed by atoms with Crippen LogP contribution >= 0.6 is 0 Å². The highest BCUT2D eigenvalue weighted by atomic mass is 16.2. The molecule has 1 aliphatic rings. The van der Waals surface area contributed by atoms with E-state index in [4.69, 9.17) is 5.73 Å². The molecule has 0 spiro atoms. The molecule has 2 heterocycles. The number of carbonyl (C=O) groups excluding carboxylic acids is 1. The molecule has 0 aliphatic carbocycles. The first-order valence-corrected chi connectivity index (χ1v) is 6.87. The summed E-state index contributed by atoms with van der Waals surface area (Å²) in [5, 5.41) is 7.53. The summed E-state index contributed by atoms with van der Waals surface area (Å²) in [5.74, 6) is 0.881. The van der Waals surface area contributed by atoms with Gasteiger partial charge in [0, 0.05) is 19.1 Å².